The summed E-state index contributed by atoms with van der Waals surface area (Å²) >= 11 is 0. The Morgan fingerprint density at radius 3 is 2.74 bits per heavy atom. The van der Waals surface area contributed by atoms with E-state index in [-0.39, 0.29) is 6.10 Å². The number of rotatable bonds is 5. The highest BCUT2D eigenvalue weighted by molar-refractivity contribution is 5.80. The Labute approximate surface area is 161 Å². The van der Waals surface area contributed by atoms with Gasteiger partial charge in [0, 0.05) is 51.7 Å². The molecule has 1 fully saturated rings. The third-order valence-corrected chi connectivity index (χ3v) is 4.66. The third-order valence-electron chi connectivity index (χ3n) is 4.66. The fourth-order valence-electron chi connectivity index (χ4n) is 3.14. The molecule has 7 heteroatoms. The first-order valence-corrected chi connectivity index (χ1v) is 9.46. The molecule has 0 aliphatic carbocycles. The number of hydrogen-bond acceptors (Lipinski definition) is 4. The molecule has 1 saturated heterocycles. The van der Waals surface area contributed by atoms with Crippen molar-refractivity contribution >= 4 is 11.6 Å². The van der Waals surface area contributed by atoms with Crippen LogP contribution < -0.4 is 10.2 Å². The first-order valence-electron chi connectivity index (χ1n) is 9.46. The van der Waals surface area contributed by atoms with Crippen molar-refractivity contribution in [2.24, 2.45) is 12.0 Å². The number of aliphatic imine (C=N–C) groups is 1. The lowest BCUT2D eigenvalue weighted by Gasteiger charge is -2.34. The van der Waals surface area contributed by atoms with E-state index in [9.17, 15) is 0 Å². The summed E-state index contributed by atoms with van der Waals surface area (Å²) in [6, 6.07) is 8.54. The van der Waals surface area contributed by atoms with Gasteiger partial charge < -0.3 is 19.9 Å². The zero-order chi connectivity index (χ0) is 19.2. The summed E-state index contributed by atoms with van der Waals surface area (Å²) in [6.07, 6.45) is 3.92. The second kappa shape index (κ2) is 8.90. The number of aromatic nitrogens is 2. The van der Waals surface area contributed by atoms with E-state index in [0.717, 1.165) is 31.2 Å². The third kappa shape index (κ3) is 5.01. The summed E-state index contributed by atoms with van der Waals surface area (Å²) in [7, 11) is 6.03. The Bertz CT molecular complexity index is 752. The molecule has 2 heterocycles. The molecule has 0 saturated carbocycles. The van der Waals surface area contributed by atoms with Gasteiger partial charge in [-0.25, -0.2) is 4.99 Å². The van der Waals surface area contributed by atoms with E-state index < -0.39 is 0 Å². The number of aryl methyl sites for hydroxylation is 1. The van der Waals surface area contributed by atoms with Gasteiger partial charge in [0.05, 0.1) is 25.9 Å². The highest BCUT2D eigenvalue weighted by Gasteiger charge is 2.25. The van der Waals surface area contributed by atoms with E-state index in [0.29, 0.717) is 13.2 Å². The molecule has 1 aliphatic heterocycles. The second-order valence-electron chi connectivity index (χ2n) is 6.98. The van der Waals surface area contributed by atoms with Crippen molar-refractivity contribution < 1.29 is 4.74 Å². The Morgan fingerprint density at radius 1 is 1.33 bits per heavy atom. The molecule has 1 N–H and O–H groups in total. The van der Waals surface area contributed by atoms with Crippen molar-refractivity contribution in [3.63, 3.8) is 0 Å². The van der Waals surface area contributed by atoms with Crippen LogP contribution in [0.3, 0.4) is 0 Å². The average Bonchev–Trinajstić information content (AvgIpc) is 3.12. The number of guanidine groups is 1. The summed E-state index contributed by atoms with van der Waals surface area (Å²) < 4.78 is 7.77. The molecule has 2 aromatic rings. The van der Waals surface area contributed by atoms with Crippen LogP contribution in [0.25, 0.3) is 0 Å². The minimum Gasteiger partial charge on any atom is -0.378 e. The molecule has 1 unspecified atom stereocenters. The molecular weight excluding hydrogens is 340 g/mol. The van der Waals surface area contributed by atoms with Crippen LogP contribution in [-0.2, 0) is 18.3 Å². The maximum atomic E-state index is 5.95. The predicted octanol–water partition coefficient (Wildman–Crippen LogP) is 2.03. The molecule has 1 aromatic carbocycles. The lowest BCUT2D eigenvalue weighted by atomic mass is 10.1. The van der Waals surface area contributed by atoms with Crippen LogP contribution in [-0.4, -0.2) is 61.0 Å². The SMILES string of the molecule is CCNC(=NCc1ccc(N(C)C)cc1)N1CCOC(c2cnn(C)c2)C1. The Balaban J connectivity index is 1.68. The maximum absolute atomic E-state index is 5.95. The van der Waals surface area contributed by atoms with Gasteiger partial charge >= 0.3 is 0 Å². The number of anilines is 1. The van der Waals surface area contributed by atoms with E-state index in [1.165, 1.54) is 11.3 Å². The summed E-state index contributed by atoms with van der Waals surface area (Å²) in [5.74, 6) is 0.936. The van der Waals surface area contributed by atoms with Crippen LogP contribution >= 0.6 is 0 Å². The van der Waals surface area contributed by atoms with Crippen LogP contribution in [0.15, 0.2) is 41.7 Å². The normalized spacial score (nSPS) is 17.9. The molecule has 1 aliphatic rings. The van der Waals surface area contributed by atoms with E-state index in [1.54, 1.807) is 0 Å². The van der Waals surface area contributed by atoms with Gasteiger partial charge in [-0.2, -0.15) is 5.10 Å². The van der Waals surface area contributed by atoms with E-state index in [1.807, 2.05) is 38.2 Å². The minimum atomic E-state index is 0.0238. The molecule has 27 heavy (non-hydrogen) atoms. The van der Waals surface area contributed by atoms with Gasteiger partial charge in [-0.1, -0.05) is 12.1 Å². The summed E-state index contributed by atoms with van der Waals surface area (Å²) in [5.41, 5.74) is 3.51. The van der Waals surface area contributed by atoms with Gasteiger partial charge in [0.25, 0.3) is 0 Å². The molecule has 0 radical (unpaired) electrons. The quantitative estimate of drug-likeness (QED) is 0.645. The summed E-state index contributed by atoms with van der Waals surface area (Å²) in [6.45, 7) is 5.89. The number of nitrogens with one attached hydrogen (secondary N) is 1. The smallest absolute Gasteiger partial charge is 0.194 e. The van der Waals surface area contributed by atoms with Gasteiger partial charge in [-0.15, -0.1) is 0 Å². The van der Waals surface area contributed by atoms with Crippen LogP contribution in [0.5, 0.6) is 0 Å². The first kappa shape index (κ1) is 19.2. The fourth-order valence-corrected chi connectivity index (χ4v) is 3.14. The van der Waals surface area contributed by atoms with Crippen molar-refractivity contribution in [3.05, 3.63) is 47.8 Å². The van der Waals surface area contributed by atoms with Crippen molar-refractivity contribution in [1.82, 2.24) is 20.0 Å². The molecule has 3 rings (SSSR count). The molecule has 7 nitrogen and oxygen atoms in total. The number of nitrogens with zero attached hydrogens (tertiary/aromatic N) is 5. The monoisotopic (exact) mass is 370 g/mol. The van der Waals surface area contributed by atoms with Crippen molar-refractivity contribution in [2.75, 3.05) is 45.2 Å². The number of ether oxygens (including phenoxy) is 1. The lowest BCUT2D eigenvalue weighted by molar-refractivity contribution is -0.00805. The van der Waals surface area contributed by atoms with E-state index >= 15 is 0 Å². The molecule has 1 atom stereocenters. The van der Waals surface area contributed by atoms with Gasteiger partial charge in [0.2, 0.25) is 0 Å². The lowest BCUT2D eigenvalue weighted by Crippen LogP contribution is -2.48. The Hall–Kier alpha value is -2.54. The fraction of sp³-hybridized carbons (Fsp3) is 0.500. The largest absolute Gasteiger partial charge is 0.378 e. The van der Waals surface area contributed by atoms with Crippen molar-refractivity contribution in [1.29, 1.82) is 0 Å². The number of hydrogen-bond donors (Lipinski definition) is 1. The van der Waals surface area contributed by atoms with Crippen LogP contribution in [0.2, 0.25) is 0 Å². The molecule has 0 amide bonds. The molecule has 0 spiro atoms. The minimum absolute atomic E-state index is 0.0238. The molecule has 146 valence electrons. The maximum Gasteiger partial charge on any atom is 0.194 e. The highest BCUT2D eigenvalue weighted by atomic mass is 16.5. The average molecular weight is 371 g/mol. The van der Waals surface area contributed by atoms with Crippen LogP contribution in [0, 0.1) is 0 Å². The van der Waals surface area contributed by atoms with Gasteiger partial charge in [0.15, 0.2) is 5.96 Å². The Morgan fingerprint density at radius 2 is 2.11 bits per heavy atom. The highest BCUT2D eigenvalue weighted by Crippen LogP contribution is 2.22. The molecule has 1 aromatic heterocycles. The van der Waals surface area contributed by atoms with Gasteiger partial charge in [0.1, 0.15) is 6.10 Å². The topological polar surface area (TPSA) is 57.9 Å². The first-order chi connectivity index (χ1) is 13.1. The zero-order valence-electron chi connectivity index (χ0n) is 16.7. The van der Waals surface area contributed by atoms with E-state index in [2.05, 4.69) is 51.4 Å². The molecular formula is C20H30N6O. The van der Waals surface area contributed by atoms with Gasteiger partial charge in [-0.3, -0.25) is 4.68 Å². The predicted molar refractivity (Wildman–Crippen MR) is 109 cm³/mol. The van der Waals surface area contributed by atoms with Gasteiger partial charge in [-0.05, 0) is 24.6 Å². The van der Waals surface area contributed by atoms with Crippen molar-refractivity contribution in [2.45, 2.75) is 19.6 Å². The molecule has 0 bridgehead atoms. The van der Waals surface area contributed by atoms with Crippen LogP contribution in [0.1, 0.15) is 24.2 Å². The second-order valence-corrected chi connectivity index (χ2v) is 6.98. The number of benzene rings is 1. The number of morpholine rings is 1. The zero-order valence-corrected chi connectivity index (χ0v) is 16.7. The summed E-state index contributed by atoms with van der Waals surface area (Å²) in [5, 5.41) is 7.68. The van der Waals surface area contributed by atoms with Crippen molar-refractivity contribution in [3.8, 4) is 0 Å². The van der Waals surface area contributed by atoms with E-state index in [4.69, 9.17) is 9.73 Å². The summed E-state index contributed by atoms with van der Waals surface area (Å²) in [4.78, 5) is 9.23. The van der Waals surface area contributed by atoms with Crippen LogP contribution in [0.4, 0.5) is 5.69 Å². The standard InChI is InChI=1S/C20H30N6O/c1-5-21-20(22-12-16-6-8-18(9-7-16)24(2)3)26-10-11-27-19(15-26)17-13-23-25(4)14-17/h6-9,13-14,19H,5,10-12,15H2,1-4H3,(H,21,22). The Kier molecular flexibility index (Phi) is 6.34.